The van der Waals surface area contributed by atoms with E-state index in [1.54, 1.807) is 19.1 Å². The fraction of sp³-hybridized carbons (Fsp3) is 0.188. The average molecular weight is 335 g/mol. The number of hydrogen-bond donors (Lipinski definition) is 0. The van der Waals surface area contributed by atoms with Crippen LogP contribution >= 0.6 is 15.9 Å². The number of halogens is 1. The summed E-state index contributed by atoms with van der Waals surface area (Å²) in [6.45, 7) is 2.10. The number of carbonyl (C=O) groups excluding carboxylic acids is 1. The SMILES string of the molecule is CCOC(=O)C(Oc1ccc(Br)cc1)c1ccccc1. The van der Waals surface area contributed by atoms with Crippen LogP contribution in [0, 0.1) is 0 Å². The number of ether oxygens (including phenoxy) is 2. The summed E-state index contributed by atoms with van der Waals surface area (Å²) >= 11 is 3.36. The van der Waals surface area contributed by atoms with E-state index < -0.39 is 6.10 Å². The lowest BCUT2D eigenvalue weighted by molar-refractivity contribution is -0.151. The Kier molecular flexibility index (Phi) is 5.18. The van der Waals surface area contributed by atoms with E-state index in [-0.39, 0.29) is 5.97 Å². The van der Waals surface area contributed by atoms with Gasteiger partial charge in [-0.3, -0.25) is 0 Å². The molecule has 0 saturated heterocycles. The average Bonchev–Trinajstić information content (AvgIpc) is 2.48. The highest BCUT2D eigenvalue weighted by Gasteiger charge is 2.23. The molecule has 0 saturated carbocycles. The standard InChI is InChI=1S/C16H15BrO3/c1-2-19-16(18)15(12-6-4-3-5-7-12)20-14-10-8-13(17)9-11-14/h3-11,15H,2H2,1H3. The summed E-state index contributed by atoms with van der Waals surface area (Å²) in [7, 11) is 0. The minimum absolute atomic E-state index is 0.325. The zero-order chi connectivity index (χ0) is 14.4. The molecule has 0 aliphatic carbocycles. The van der Waals surface area contributed by atoms with Crippen molar-refractivity contribution >= 4 is 21.9 Å². The largest absolute Gasteiger partial charge is 0.474 e. The van der Waals surface area contributed by atoms with Gasteiger partial charge in [-0.2, -0.15) is 0 Å². The highest BCUT2D eigenvalue weighted by atomic mass is 79.9. The van der Waals surface area contributed by atoms with Gasteiger partial charge in [0.1, 0.15) is 5.75 Å². The molecule has 0 fully saturated rings. The van der Waals surface area contributed by atoms with Crippen molar-refractivity contribution in [2.45, 2.75) is 13.0 Å². The highest BCUT2D eigenvalue weighted by molar-refractivity contribution is 9.10. The highest BCUT2D eigenvalue weighted by Crippen LogP contribution is 2.24. The molecule has 2 aromatic rings. The second-order valence-electron chi connectivity index (χ2n) is 4.11. The Morgan fingerprint density at radius 3 is 2.35 bits per heavy atom. The maximum atomic E-state index is 12.1. The molecule has 3 nitrogen and oxygen atoms in total. The molecule has 2 rings (SSSR count). The molecule has 0 heterocycles. The lowest BCUT2D eigenvalue weighted by Crippen LogP contribution is -2.21. The van der Waals surface area contributed by atoms with Gasteiger partial charge in [-0.25, -0.2) is 4.79 Å². The molecular formula is C16H15BrO3. The minimum Gasteiger partial charge on any atom is -0.474 e. The van der Waals surface area contributed by atoms with Crippen LogP contribution < -0.4 is 4.74 Å². The van der Waals surface area contributed by atoms with Gasteiger partial charge in [-0.1, -0.05) is 46.3 Å². The second kappa shape index (κ2) is 7.10. The predicted molar refractivity (Wildman–Crippen MR) is 80.6 cm³/mol. The van der Waals surface area contributed by atoms with Gasteiger partial charge in [0.15, 0.2) is 0 Å². The number of esters is 1. The van der Waals surface area contributed by atoms with E-state index in [0.29, 0.717) is 12.4 Å². The number of carbonyl (C=O) groups is 1. The molecule has 1 atom stereocenters. The van der Waals surface area contributed by atoms with E-state index in [2.05, 4.69) is 15.9 Å². The lowest BCUT2D eigenvalue weighted by Gasteiger charge is -2.18. The maximum Gasteiger partial charge on any atom is 0.352 e. The Morgan fingerprint density at radius 2 is 1.75 bits per heavy atom. The van der Waals surface area contributed by atoms with Gasteiger partial charge in [0.25, 0.3) is 0 Å². The Hall–Kier alpha value is -1.81. The normalized spacial score (nSPS) is 11.7. The zero-order valence-electron chi connectivity index (χ0n) is 11.1. The quantitative estimate of drug-likeness (QED) is 0.771. The van der Waals surface area contributed by atoms with Crippen LogP contribution in [0.1, 0.15) is 18.6 Å². The molecule has 0 bridgehead atoms. The van der Waals surface area contributed by atoms with Crippen LogP contribution in [0.2, 0.25) is 0 Å². The van der Waals surface area contributed by atoms with E-state index in [1.807, 2.05) is 42.5 Å². The molecule has 0 amide bonds. The predicted octanol–water partition coefficient (Wildman–Crippen LogP) is 4.13. The summed E-state index contributed by atoms with van der Waals surface area (Å²) in [5, 5.41) is 0. The van der Waals surface area contributed by atoms with E-state index in [9.17, 15) is 4.79 Å². The molecule has 1 unspecified atom stereocenters. The van der Waals surface area contributed by atoms with Crippen LogP contribution in [-0.4, -0.2) is 12.6 Å². The summed E-state index contributed by atoms with van der Waals surface area (Å²) in [5.74, 6) is 0.233. The molecule has 2 aromatic carbocycles. The minimum atomic E-state index is -0.752. The molecule has 4 heteroatoms. The smallest absolute Gasteiger partial charge is 0.352 e. The first-order valence-corrected chi connectivity index (χ1v) is 7.14. The number of hydrogen-bond acceptors (Lipinski definition) is 3. The van der Waals surface area contributed by atoms with Crippen LogP contribution in [0.15, 0.2) is 59.1 Å². The number of benzene rings is 2. The molecule has 0 aromatic heterocycles. The van der Waals surface area contributed by atoms with Crippen molar-refractivity contribution in [3.8, 4) is 5.75 Å². The fourth-order valence-corrected chi connectivity index (χ4v) is 2.01. The molecule has 0 aliphatic rings. The van der Waals surface area contributed by atoms with Gasteiger partial charge in [-0.15, -0.1) is 0 Å². The monoisotopic (exact) mass is 334 g/mol. The van der Waals surface area contributed by atoms with E-state index >= 15 is 0 Å². The fourth-order valence-electron chi connectivity index (χ4n) is 1.75. The van der Waals surface area contributed by atoms with Crippen LogP contribution in [0.25, 0.3) is 0 Å². The third-order valence-corrected chi connectivity index (χ3v) is 3.20. The van der Waals surface area contributed by atoms with E-state index in [0.717, 1.165) is 10.0 Å². The van der Waals surface area contributed by atoms with Gasteiger partial charge in [0.2, 0.25) is 6.10 Å². The second-order valence-corrected chi connectivity index (χ2v) is 5.03. The number of rotatable bonds is 5. The van der Waals surface area contributed by atoms with Crippen molar-refractivity contribution in [2.24, 2.45) is 0 Å². The summed E-state index contributed by atoms with van der Waals surface area (Å²) < 4.78 is 11.8. The summed E-state index contributed by atoms with van der Waals surface area (Å²) in [4.78, 5) is 12.1. The van der Waals surface area contributed by atoms with Crippen molar-refractivity contribution in [2.75, 3.05) is 6.61 Å². The molecule has 0 spiro atoms. The maximum absolute atomic E-state index is 12.1. The van der Waals surface area contributed by atoms with E-state index in [4.69, 9.17) is 9.47 Å². The Labute approximate surface area is 126 Å². The Bertz CT molecular complexity index is 552. The molecule has 0 aliphatic heterocycles. The van der Waals surface area contributed by atoms with Crippen molar-refractivity contribution in [1.29, 1.82) is 0 Å². The van der Waals surface area contributed by atoms with Gasteiger partial charge in [0, 0.05) is 10.0 Å². The van der Waals surface area contributed by atoms with Gasteiger partial charge in [-0.05, 0) is 31.2 Å². The molecular weight excluding hydrogens is 320 g/mol. The van der Waals surface area contributed by atoms with Gasteiger partial charge >= 0.3 is 5.97 Å². The van der Waals surface area contributed by atoms with Crippen LogP contribution in [0.5, 0.6) is 5.75 Å². The van der Waals surface area contributed by atoms with Crippen LogP contribution in [-0.2, 0) is 9.53 Å². The molecule has 104 valence electrons. The first-order chi connectivity index (χ1) is 9.70. The topological polar surface area (TPSA) is 35.5 Å². The summed E-state index contributed by atoms with van der Waals surface area (Å²) in [6, 6.07) is 16.7. The lowest BCUT2D eigenvalue weighted by atomic mass is 10.1. The third-order valence-electron chi connectivity index (χ3n) is 2.67. The Morgan fingerprint density at radius 1 is 1.10 bits per heavy atom. The van der Waals surface area contributed by atoms with Gasteiger partial charge < -0.3 is 9.47 Å². The zero-order valence-corrected chi connectivity index (χ0v) is 12.7. The van der Waals surface area contributed by atoms with Crippen molar-refractivity contribution in [3.63, 3.8) is 0 Å². The summed E-state index contributed by atoms with van der Waals surface area (Å²) in [6.07, 6.45) is -0.752. The van der Waals surface area contributed by atoms with Gasteiger partial charge in [0.05, 0.1) is 6.61 Å². The van der Waals surface area contributed by atoms with Crippen LogP contribution in [0.3, 0.4) is 0 Å². The van der Waals surface area contributed by atoms with E-state index in [1.165, 1.54) is 0 Å². The molecule has 0 N–H and O–H groups in total. The molecule has 0 radical (unpaired) electrons. The van der Waals surface area contributed by atoms with Crippen LogP contribution in [0.4, 0.5) is 0 Å². The molecule has 20 heavy (non-hydrogen) atoms. The summed E-state index contributed by atoms with van der Waals surface area (Å²) in [5.41, 5.74) is 0.772. The third kappa shape index (κ3) is 3.84. The Balaban J connectivity index is 2.23. The first-order valence-electron chi connectivity index (χ1n) is 6.34. The van der Waals surface area contributed by atoms with Crippen molar-refractivity contribution in [3.05, 3.63) is 64.6 Å². The first kappa shape index (κ1) is 14.6. The van der Waals surface area contributed by atoms with Crippen molar-refractivity contribution < 1.29 is 14.3 Å². The van der Waals surface area contributed by atoms with Crippen molar-refractivity contribution in [1.82, 2.24) is 0 Å².